The van der Waals surface area contributed by atoms with Crippen LogP contribution in [-0.2, 0) is 11.3 Å². The summed E-state index contributed by atoms with van der Waals surface area (Å²) in [5.41, 5.74) is 1.84. The predicted octanol–water partition coefficient (Wildman–Crippen LogP) is 3.24. The smallest absolute Gasteiger partial charge is 0.235 e. The second-order valence-corrected chi connectivity index (χ2v) is 4.18. The highest BCUT2D eigenvalue weighted by molar-refractivity contribution is 9.10. The summed E-state index contributed by atoms with van der Waals surface area (Å²) in [5, 5.41) is 0. The normalized spacial score (nSPS) is 9.38. The van der Waals surface area contributed by atoms with Crippen molar-refractivity contribution >= 4 is 22.0 Å². The van der Waals surface area contributed by atoms with Gasteiger partial charge in [-0.1, -0.05) is 18.7 Å². The van der Waals surface area contributed by atoms with Crippen LogP contribution in [-0.4, -0.2) is 12.7 Å². The quantitative estimate of drug-likeness (QED) is 0.472. The Labute approximate surface area is 103 Å². The van der Waals surface area contributed by atoms with E-state index in [2.05, 4.69) is 27.5 Å². The highest BCUT2D eigenvalue weighted by atomic mass is 79.9. The van der Waals surface area contributed by atoms with E-state index in [-0.39, 0.29) is 0 Å². The van der Waals surface area contributed by atoms with Gasteiger partial charge in [-0.3, -0.25) is 0 Å². The molecule has 0 unspecified atom stereocenters. The molecule has 1 aromatic carbocycles. The van der Waals surface area contributed by atoms with Crippen LogP contribution in [0.4, 0.5) is 0 Å². The van der Waals surface area contributed by atoms with Crippen LogP contribution >= 0.6 is 15.9 Å². The van der Waals surface area contributed by atoms with E-state index in [0.717, 1.165) is 21.4 Å². The van der Waals surface area contributed by atoms with E-state index in [0.29, 0.717) is 13.2 Å². The topological polar surface area (TPSA) is 38.7 Å². The molecule has 0 aliphatic heterocycles. The van der Waals surface area contributed by atoms with E-state index >= 15 is 0 Å². The lowest BCUT2D eigenvalue weighted by molar-refractivity contribution is 0.350. The molecule has 0 saturated carbocycles. The molecule has 84 valence electrons. The first kappa shape index (κ1) is 12.7. The van der Waals surface area contributed by atoms with Crippen LogP contribution in [0, 0.1) is 0 Å². The van der Waals surface area contributed by atoms with Crippen molar-refractivity contribution in [3.63, 3.8) is 0 Å². The van der Waals surface area contributed by atoms with Crippen molar-refractivity contribution in [3.05, 3.63) is 40.4 Å². The van der Waals surface area contributed by atoms with Crippen molar-refractivity contribution in [1.29, 1.82) is 0 Å². The van der Waals surface area contributed by atoms with E-state index in [1.165, 1.54) is 6.08 Å². The van der Waals surface area contributed by atoms with E-state index in [1.807, 2.05) is 25.1 Å². The molecule has 0 amide bonds. The maximum absolute atomic E-state index is 10.0. The minimum absolute atomic E-state index is 0.300. The fraction of sp³-hybridized carbons (Fsp3) is 0.250. The van der Waals surface area contributed by atoms with Gasteiger partial charge in [0.2, 0.25) is 6.08 Å². The fourth-order valence-corrected chi connectivity index (χ4v) is 1.61. The second kappa shape index (κ2) is 6.26. The number of hydrogen-bond acceptors (Lipinski definition) is 3. The van der Waals surface area contributed by atoms with Gasteiger partial charge < -0.3 is 4.74 Å². The number of halogens is 1. The number of aliphatic imine (C=N–C) groups is 1. The van der Waals surface area contributed by atoms with Gasteiger partial charge >= 0.3 is 0 Å². The van der Waals surface area contributed by atoms with E-state index < -0.39 is 0 Å². The SMILES string of the molecule is C=C(C)COc1cccc(CN=C=O)c1Br. The Balaban J connectivity index is 2.85. The van der Waals surface area contributed by atoms with Crippen LogP contribution in [0.15, 0.2) is 39.8 Å². The number of carbonyl (C=O) groups excluding carboxylic acids is 1. The van der Waals surface area contributed by atoms with Gasteiger partial charge in [-0.25, -0.2) is 9.79 Å². The van der Waals surface area contributed by atoms with Gasteiger partial charge in [0.1, 0.15) is 12.4 Å². The zero-order valence-corrected chi connectivity index (χ0v) is 10.6. The highest BCUT2D eigenvalue weighted by Gasteiger charge is 2.06. The fourth-order valence-electron chi connectivity index (χ4n) is 1.11. The van der Waals surface area contributed by atoms with Crippen LogP contribution in [0.3, 0.4) is 0 Å². The van der Waals surface area contributed by atoms with Crippen LogP contribution < -0.4 is 4.74 Å². The Morgan fingerprint density at radius 2 is 2.38 bits per heavy atom. The largest absolute Gasteiger partial charge is 0.488 e. The lowest BCUT2D eigenvalue weighted by Crippen LogP contribution is -1.99. The van der Waals surface area contributed by atoms with Crippen molar-refractivity contribution in [1.82, 2.24) is 0 Å². The van der Waals surface area contributed by atoms with Gasteiger partial charge in [-0.2, -0.15) is 0 Å². The van der Waals surface area contributed by atoms with Gasteiger partial charge in [0.25, 0.3) is 0 Å². The van der Waals surface area contributed by atoms with Crippen molar-refractivity contribution in [2.24, 2.45) is 4.99 Å². The number of hydrogen-bond donors (Lipinski definition) is 0. The molecule has 0 radical (unpaired) electrons. The molecule has 0 saturated heterocycles. The van der Waals surface area contributed by atoms with Crippen molar-refractivity contribution < 1.29 is 9.53 Å². The zero-order chi connectivity index (χ0) is 12.0. The summed E-state index contributed by atoms with van der Waals surface area (Å²) in [6, 6.07) is 5.58. The molecule has 0 aliphatic rings. The van der Waals surface area contributed by atoms with Crippen LogP contribution in [0.5, 0.6) is 5.75 Å². The monoisotopic (exact) mass is 281 g/mol. The van der Waals surface area contributed by atoms with Crippen LogP contribution in [0.1, 0.15) is 12.5 Å². The Kier molecular flexibility index (Phi) is 4.96. The Morgan fingerprint density at radius 3 is 3.00 bits per heavy atom. The standard InChI is InChI=1S/C12H12BrNO2/c1-9(2)7-16-11-5-3-4-10(12(11)13)6-14-8-15/h3-5H,1,6-7H2,2H3. The maximum atomic E-state index is 10.0. The molecule has 0 atom stereocenters. The average Bonchev–Trinajstić information content (AvgIpc) is 2.26. The zero-order valence-electron chi connectivity index (χ0n) is 9.00. The molecule has 0 aliphatic carbocycles. The molecule has 0 heterocycles. The molecular formula is C12H12BrNO2. The van der Waals surface area contributed by atoms with Crippen LogP contribution in [0.2, 0.25) is 0 Å². The first-order valence-electron chi connectivity index (χ1n) is 4.73. The third-order valence-electron chi connectivity index (χ3n) is 1.83. The summed E-state index contributed by atoms with van der Waals surface area (Å²) in [6.45, 7) is 6.43. The van der Waals surface area contributed by atoms with Gasteiger partial charge in [-0.05, 0) is 40.1 Å². The molecule has 0 spiro atoms. The third kappa shape index (κ3) is 3.65. The van der Waals surface area contributed by atoms with Gasteiger partial charge in [-0.15, -0.1) is 0 Å². The summed E-state index contributed by atoms with van der Waals surface area (Å²) >= 11 is 3.42. The lowest BCUT2D eigenvalue weighted by atomic mass is 10.2. The van der Waals surface area contributed by atoms with Crippen molar-refractivity contribution in [2.75, 3.05) is 6.61 Å². The first-order valence-corrected chi connectivity index (χ1v) is 5.52. The van der Waals surface area contributed by atoms with E-state index in [9.17, 15) is 4.79 Å². The van der Waals surface area contributed by atoms with Gasteiger partial charge in [0, 0.05) is 0 Å². The summed E-state index contributed by atoms with van der Waals surface area (Å²) < 4.78 is 6.35. The number of nitrogens with zero attached hydrogens (tertiary/aromatic N) is 1. The number of benzene rings is 1. The van der Waals surface area contributed by atoms with E-state index in [1.54, 1.807) is 0 Å². The predicted molar refractivity (Wildman–Crippen MR) is 66.3 cm³/mol. The lowest BCUT2D eigenvalue weighted by Gasteiger charge is -2.10. The molecule has 0 fully saturated rings. The van der Waals surface area contributed by atoms with Gasteiger partial charge in [0.05, 0.1) is 11.0 Å². The molecule has 4 heteroatoms. The Hall–Kier alpha value is -1.38. The molecule has 1 aromatic rings. The molecule has 3 nitrogen and oxygen atoms in total. The summed E-state index contributed by atoms with van der Waals surface area (Å²) in [6.07, 6.45) is 1.51. The van der Waals surface area contributed by atoms with Crippen molar-refractivity contribution in [2.45, 2.75) is 13.5 Å². The minimum atomic E-state index is 0.300. The Morgan fingerprint density at radius 1 is 1.62 bits per heavy atom. The highest BCUT2D eigenvalue weighted by Crippen LogP contribution is 2.29. The summed E-state index contributed by atoms with van der Waals surface area (Å²) in [4.78, 5) is 13.6. The molecule has 1 rings (SSSR count). The summed E-state index contributed by atoms with van der Waals surface area (Å²) in [5.74, 6) is 0.724. The molecule has 0 bridgehead atoms. The third-order valence-corrected chi connectivity index (χ3v) is 2.73. The first-order chi connectivity index (χ1) is 7.65. The van der Waals surface area contributed by atoms with E-state index in [4.69, 9.17) is 4.74 Å². The summed E-state index contributed by atoms with van der Waals surface area (Å²) in [7, 11) is 0. The minimum Gasteiger partial charge on any atom is -0.488 e. The number of ether oxygens (including phenoxy) is 1. The maximum Gasteiger partial charge on any atom is 0.235 e. The number of isocyanates is 1. The molecule has 16 heavy (non-hydrogen) atoms. The van der Waals surface area contributed by atoms with Crippen LogP contribution in [0.25, 0.3) is 0 Å². The molecule has 0 N–H and O–H groups in total. The second-order valence-electron chi connectivity index (χ2n) is 3.38. The van der Waals surface area contributed by atoms with Crippen molar-refractivity contribution in [3.8, 4) is 5.75 Å². The Bertz CT molecular complexity index is 437. The van der Waals surface area contributed by atoms with Gasteiger partial charge in [0.15, 0.2) is 0 Å². The average molecular weight is 282 g/mol. The molecular weight excluding hydrogens is 270 g/mol. The number of rotatable bonds is 5. The molecule has 0 aromatic heterocycles.